The highest BCUT2D eigenvalue weighted by atomic mass is 16.6. The molecule has 0 atom stereocenters. The number of aromatic amines is 1. The SMILES string of the molecule is CCCCc1ccc(NC(=O)Nc2[nH]c(Cc3ccc(OCN4CCC(C)CC4)o3)nc2C(N)=O)cc1. The number of ether oxygens (including phenoxy) is 1. The van der Waals surface area contributed by atoms with Crippen LogP contribution in [0.3, 0.4) is 0 Å². The molecule has 0 radical (unpaired) electrons. The van der Waals surface area contributed by atoms with E-state index in [1.807, 2.05) is 24.3 Å². The predicted octanol–water partition coefficient (Wildman–Crippen LogP) is 4.75. The van der Waals surface area contributed by atoms with Gasteiger partial charge in [0.15, 0.2) is 5.69 Å². The Kier molecular flexibility index (Phi) is 8.84. The van der Waals surface area contributed by atoms with Crippen LogP contribution in [0.2, 0.25) is 0 Å². The summed E-state index contributed by atoms with van der Waals surface area (Å²) in [4.78, 5) is 34.0. The number of unbranched alkanes of at least 4 members (excludes halogenated alkanes) is 1. The number of imidazole rings is 1. The van der Waals surface area contributed by atoms with Crippen LogP contribution in [-0.4, -0.2) is 46.6 Å². The summed E-state index contributed by atoms with van der Waals surface area (Å²) >= 11 is 0. The number of carbonyl (C=O) groups excluding carboxylic acids is 2. The monoisotopic (exact) mass is 508 g/mol. The van der Waals surface area contributed by atoms with Gasteiger partial charge < -0.3 is 25.2 Å². The molecule has 0 saturated carbocycles. The summed E-state index contributed by atoms with van der Waals surface area (Å²) in [6.45, 7) is 6.95. The number of nitrogens with two attached hydrogens (primary N) is 1. The topological polar surface area (TPSA) is 139 Å². The summed E-state index contributed by atoms with van der Waals surface area (Å²) in [7, 11) is 0. The minimum atomic E-state index is -0.752. The third-order valence-corrected chi connectivity index (χ3v) is 6.50. The van der Waals surface area contributed by atoms with Gasteiger partial charge in [0.1, 0.15) is 24.1 Å². The van der Waals surface area contributed by atoms with E-state index in [0.717, 1.165) is 38.3 Å². The molecular weight excluding hydrogens is 472 g/mol. The minimum Gasteiger partial charge on any atom is -0.449 e. The number of nitrogens with zero attached hydrogens (tertiary/aromatic N) is 2. The van der Waals surface area contributed by atoms with Crippen molar-refractivity contribution in [2.24, 2.45) is 11.7 Å². The number of urea groups is 1. The zero-order chi connectivity index (χ0) is 26.2. The smallest absolute Gasteiger partial charge is 0.324 e. The molecule has 10 heteroatoms. The number of hydrogen-bond donors (Lipinski definition) is 4. The van der Waals surface area contributed by atoms with Crippen molar-refractivity contribution >= 4 is 23.4 Å². The number of aromatic nitrogens is 2. The molecule has 198 valence electrons. The molecule has 0 unspecified atom stereocenters. The lowest BCUT2D eigenvalue weighted by Gasteiger charge is -2.29. The summed E-state index contributed by atoms with van der Waals surface area (Å²) in [5, 5.41) is 5.39. The quantitative estimate of drug-likeness (QED) is 0.295. The second kappa shape index (κ2) is 12.4. The molecule has 1 aliphatic heterocycles. The average molecular weight is 509 g/mol. The largest absolute Gasteiger partial charge is 0.449 e. The van der Waals surface area contributed by atoms with E-state index in [4.69, 9.17) is 14.9 Å². The molecule has 1 saturated heterocycles. The van der Waals surface area contributed by atoms with E-state index in [9.17, 15) is 9.59 Å². The number of rotatable bonds is 11. The van der Waals surface area contributed by atoms with Crippen molar-refractivity contribution in [1.29, 1.82) is 0 Å². The van der Waals surface area contributed by atoms with Crippen molar-refractivity contribution in [2.45, 2.75) is 52.4 Å². The van der Waals surface area contributed by atoms with Gasteiger partial charge in [-0.1, -0.05) is 32.4 Å². The molecule has 2 aromatic heterocycles. The molecule has 10 nitrogen and oxygen atoms in total. The van der Waals surface area contributed by atoms with E-state index in [0.29, 0.717) is 29.9 Å². The first-order valence-corrected chi connectivity index (χ1v) is 12.9. The lowest BCUT2D eigenvalue weighted by molar-refractivity contribution is 0.0738. The number of H-pyrrole nitrogens is 1. The number of hydrogen-bond acceptors (Lipinski definition) is 6. The van der Waals surface area contributed by atoms with Crippen molar-refractivity contribution in [3.05, 3.63) is 59.2 Å². The van der Waals surface area contributed by atoms with Crippen LogP contribution >= 0.6 is 0 Å². The first kappa shape index (κ1) is 26.3. The fraction of sp³-hybridized carbons (Fsp3) is 0.444. The number of amides is 3. The third-order valence-electron chi connectivity index (χ3n) is 6.50. The van der Waals surface area contributed by atoms with Gasteiger partial charge in [-0.2, -0.15) is 0 Å². The van der Waals surface area contributed by atoms with E-state index in [1.165, 1.54) is 18.4 Å². The Bertz CT molecular complexity index is 1180. The first-order chi connectivity index (χ1) is 17.9. The standard InChI is InChI=1S/C27H36N6O4/c1-3-4-5-19-6-8-20(9-7-19)29-27(35)32-26-24(25(28)34)30-22(31-26)16-21-10-11-23(37-21)36-17-33-14-12-18(2)13-15-33/h6-11,18H,3-5,12-17H2,1-2H3,(H2,28,34)(H,30,31)(H2,29,32,35). The molecular formula is C27H36N6O4. The van der Waals surface area contributed by atoms with E-state index >= 15 is 0 Å². The van der Waals surface area contributed by atoms with E-state index in [1.54, 1.807) is 12.1 Å². The Hall–Kier alpha value is -3.79. The fourth-order valence-corrected chi connectivity index (χ4v) is 4.23. The van der Waals surface area contributed by atoms with Crippen molar-refractivity contribution in [2.75, 3.05) is 30.5 Å². The van der Waals surface area contributed by atoms with Gasteiger partial charge in [0.25, 0.3) is 11.9 Å². The number of nitrogens with one attached hydrogen (secondary N) is 3. The van der Waals surface area contributed by atoms with Gasteiger partial charge in [-0.3, -0.25) is 15.0 Å². The minimum absolute atomic E-state index is 0.0533. The number of anilines is 2. The molecule has 1 fully saturated rings. The summed E-state index contributed by atoms with van der Waals surface area (Å²) in [5.74, 6) is 1.59. The predicted molar refractivity (Wildman–Crippen MR) is 142 cm³/mol. The number of furan rings is 1. The second-order valence-corrected chi connectivity index (χ2v) is 9.62. The molecule has 1 aromatic carbocycles. The number of likely N-dealkylation sites (tertiary alicyclic amines) is 1. The summed E-state index contributed by atoms with van der Waals surface area (Å²) in [6.07, 6.45) is 5.87. The van der Waals surface area contributed by atoms with Crippen LogP contribution in [-0.2, 0) is 12.8 Å². The van der Waals surface area contributed by atoms with Crippen molar-refractivity contribution in [1.82, 2.24) is 14.9 Å². The van der Waals surface area contributed by atoms with Gasteiger partial charge in [-0.15, -0.1) is 0 Å². The highest BCUT2D eigenvalue weighted by molar-refractivity contribution is 6.04. The average Bonchev–Trinajstić information content (AvgIpc) is 3.50. The Balaban J connectivity index is 1.32. The van der Waals surface area contributed by atoms with Crippen LogP contribution < -0.4 is 21.1 Å². The molecule has 37 heavy (non-hydrogen) atoms. The maximum Gasteiger partial charge on any atom is 0.324 e. The van der Waals surface area contributed by atoms with Crippen molar-refractivity contribution in [3.8, 4) is 5.95 Å². The Morgan fingerprint density at radius 2 is 1.92 bits per heavy atom. The molecule has 4 rings (SSSR count). The van der Waals surface area contributed by atoms with Gasteiger partial charge in [0.2, 0.25) is 0 Å². The highest BCUT2D eigenvalue weighted by Crippen LogP contribution is 2.22. The van der Waals surface area contributed by atoms with Crippen molar-refractivity contribution < 1.29 is 18.7 Å². The van der Waals surface area contributed by atoms with Gasteiger partial charge in [0, 0.05) is 24.8 Å². The lowest BCUT2D eigenvalue weighted by atomic mass is 10.00. The normalized spacial score (nSPS) is 14.4. The van der Waals surface area contributed by atoms with Crippen LogP contribution in [0.4, 0.5) is 16.3 Å². The first-order valence-electron chi connectivity index (χ1n) is 12.9. The highest BCUT2D eigenvalue weighted by Gasteiger charge is 2.19. The molecule has 3 aromatic rings. The molecule has 3 amide bonds. The summed E-state index contributed by atoms with van der Waals surface area (Å²) in [5.41, 5.74) is 7.29. The van der Waals surface area contributed by atoms with Crippen LogP contribution in [0.5, 0.6) is 5.95 Å². The van der Waals surface area contributed by atoms with Crippen LogP contribution in [0.15, 0.2) is 40.8 Å². The lowest BCUT2D eigenvalue weighted by Crippen LogP contribution is -2.35. The van der Waals surface area contributed by atoms with Crippen LogP contribution in [0, 0.1) is 5.92 Å². The van der Waals surface area contributed by atoms with E-state index < -0.39 is 11.9 Å². The van der Waals surface area contributed by atoms with Crippen LogP contribution in [0.1, 0.15) is 67.2 Å². The molecule has 0 bridgehead atoms. The maximum absolute atomic E-state index is 12.5. The number of primary amides is 1. The van der Waals surface area contributed by atoms with E-state index in [-0.39, 0.29) is 17.9 Å². The molecule has 3 heterocycles. The Morgan fingerprint density at radius 1 is 1.16 bits per heavy atom. The van der Waals surface area contributed by atoms with Gasteiger partial charge in [0.05, 0.1) is 6.42 Å². The molecule has 0 spiro atoms. The zero-order valence-corrected chi connectivity index (χ0v) is 21.5. The summed E-state index contributed by atoms with van der Waals surface area (Å²) < 4.78 is 11.6. The summed E-state index contributed by atoms with van der Waals surface area (Å²) in [6, 6.07) is 10.7. The molecule has 0 aliphatic carbocycles. The number of carbonyl (C=O) groups is 2. The maximum atomic E-state index is 12.5. The zero-order valence-electron chi connectivity index (χ0n) is 21.5. The molecule has 1 aliphatic rings. The second-order valence-electron chi connectivity index (χ2n) is 9.62. The van der Waals surface area contributed by atoms with Crippen molar-refractivity contribution in [3.63, 3.8) is 0 Å². The van der Waals surface area contributed by atoms with Crippen LogP contribution in [0.25, 0.3) is 0 Å². The number of aryl methyl sites for hydroxylation is 1. The number of piperidine rings is 1. The fourth-order valence-electron chi connectivity index (χ4n) is 4.23. The third kappa shape index (κ3) is 7.60. The Morgan fingerprint density at radius 3 is 2.62 bits per heavy atom. The molecule has 5 N–H and O–H groups in total. The number of benzene rings is 1. The van der Waals surface area contributed by atoms with Gasteiger partial charge in [-0.05, 0) is 55.4 Å². The van der Waals surface area contributed by atoms with Gasteiger partial charge in [-0.25, -0.2) is 9.78 Å². The van der Waals surface area contributed by atoms with E-state index in [2.05, 4.69) is 39.3 Å². The Labute approximate surface area is 217 Å². The van der Waals surface area contributed by atoms with Gasteiger partial charge >= 0.3 is 6.03 Å².